The second-order valence-corrected chi connectivity index (χ2v) is 5.80. The summed E-state index contributed by atoms with van der Waals surface area (Å²) in [6.45, 7) is 1.24. The van der Waals surface area contributed by atoms with Gasteiger partial charge in [0.2, 0.25) is 5.91 Å². The van der Waals surface area contributed by atoms with E-state index in [4.69, 9.17) is 0 Å². The van der Waals surface area contributed by atoms with Gasteiger partial charge >= 0.3 is 0 Å². The van der Waals surface area contributed by atoms with Crippen molar-refractivity contribution in [2.75, 3.05) is 12.3 Å². The van der Waals surface area contributed by atoms with Gasteiger partial charge in [-0.3, -0.25) is 4.79 Å². The number of aromatic nitrogens is 5. The normalized spacial score (nSPS) is 10.9. The number of imidazole rings is 1. The second kappa shape index (κ2) is 7.08. The van der Waals surface area contributed by atoms with Crippen LogP contribution in [0.3, 0.4) is 0 Å². The lowest BCUT2D eigenvalue weighted by Crippen LogP contribution is -2.26. The molecule has 3 rings (SSSR count). The minimum absolute atomic E-state index is 0.0403. The fraction of sp³-hybridized carbons (Fsp3) is 0.286. The number of thioether (sulfide) groups is 1. The summed E-state index contributed by atoms with van der Waals surface area (Å²) >= 11 is 1.55. The summed E-state index contributed by atoms with van der Waals surface area (Å²) in [7, 11) is 0. The molecule has 0 aliphatic rings. The summed E-state index contributed by atoms with van der Waals surface area (Å²) in [5.41, 5.74) is 2.00. The van der Waals surface area contributed by atoms with Gasteiger partial charge in [0.15, 0.2) is 0 Å². The predicted octanol–water partition coefficient (Wildman–Crippen LogP) is 1.45. The van der Waals surface area contributed by atoms with Crippen molar-refractivity contribution in [3.05, 3.63) is 36.8 Å². The Balaban J connectivity index is 1.40. The van der Waals surface area contributed by atoms with E-state index in [1.54, 1.807) is 24.3 Å². The number of carbonyl (C=O) groups is 1. The molecule has 1 amide bonds. The molecule has 0 atom stereocenters. The molecule has 0 aliphatic carbocycles. The van der Waals surface area contributed by atoms with Gasteiger partial charge in [-0.05, 0) is 12.1 Å². The molecule has 2 N–H and O–H groups in total. The summed E-state index contributed by atoms with van der Waals surface area (Å²) in [6, 6.07) is 7.91. The molecule has 0 unspecified atom stereocenters. The highest BCUT2D eigenvalue weighted by Gasteiger charge is 2.05. The van der Waals surface area contributed by atoms with Crippen LogP contribution in [0.2, 0.25) is 0 Å². The third-order valence-electron chi connectivity index (χ3n) is 3.17. The first-order valence-corrected chi connectivity index (χ1v) is 7.96. The minimum atomic E-state index is 0.0403. The maximum atomic E-state index is 11.8. The molecule has 0 bridgehead atoms. The van der Waals surface area contributed by atoms with Crippen molar-refractivity contribution in [3.63, 3.8) is 0 Å². The van der Waals surface area contributed by atoms with Crippen molar-refractivity contribution < 1.29 is 4.79 Å². The molecule has 0 saturated heterocycles. The number of fused-ring (bicyclic) bond motifs is 1. The van der Waals surface area contributed by atoms with Crippen LogP contribution in [-0.2, 0) is 11.3 Å². The smallest absolute Gasteiger partial charge is 0.221 e. The van der Waals surface area contributed by atoms with E-state index in [1.165, 1.54) is 0 Å². The van der Waals surface area contributed by atoms with Gasteiger partial charge in [0.05, 0.1) is 23.6 Å². The Morgan fingerprint density at radius 2 is 2.27 bits per heavy atom. The number of rotatable bonds is 7. The Morgan fingerprint density at radius 3 is 3.14 bits per heavy atom. The highest BCUT2D eigenvalue weighted by atomic mass is 32.2. The van der Waals surface area contributed by atoms with Crippen molar-refractivity contribution in [1.82, 2.24) is 30.3 Å². The lowest BCUT2D eigenvalue weighted by Gasteiger charge is -2.06. The monoisotopic (exact) mass is 316 g/mol. The van der Waals surface area contributed by atoms with E-state index in [1.807, 2.05) is 28.8 Å². The average molecular weight is 316 g/mol. The summed E-state index contributed by atoms with van der Waals surface area (Å²) < 4.78 is 2.00. The SMILES string of the molecule is O=C(CCn1cnc2ccccc21)NCCSc1cn[nH]n1. The summed E-state index contributed by atoms with van der Waals surface area (Å²) in [6.07, 6.45) is 3.88. The molecule has 114 valence electrons. The Labute approximate surface area is 131 Å². The Bertz CT molecular complexity index is 739. The lowest BCUT2D eigenvalue weighted by molar-refractivity contribution is -0.121. The van der Waals surface area contributed by atoms with Crippen molar-refractivity contribution in [3.8, 4) is 0 Å². The van der Waals surface area contributed by atoms with E-state index < -0.39 is 0 Å². The minimum Gasteiger partial charge on any atom is -0.355 e. The first kappa shape index (κ1) is 14.6. The number of benzene rings is 1. The van der Waals surface area contributed by atoms with Crippen LogP contribution in [0.1, 0.15) is 6.42 Å². The number of aryl methyl sites for hydroxylation is 1. The number of amides is 1. The zero-order chi connectivity index (χ0) is 15.2. The molecule has 0 radical (unpaired) electrons. The molecule has 22 heavy (non-hydrogen) atoms. The highest BCUT2D eigenvalue weighted by molar-refractivity contribution is 7.99. The van der Waals surface area contributed by atoms with Gasteiger partial charge in [-0.25, -0.2) is 4.98 Å². The first-order valence-electron chi connectivity index (χ1n) is 6.98. The molecular weight excluding hydrogens is 300 g/mol. The first-order chi connectivity index (χ1) is 10.8. The summed E-state index contributed by atoms with van der Waals surface area (Å²) in [5.74, 6) is 0.810. The van der Waals surface area contributed by atoms with E-state index in [0.717, 1.165) is 21.8 Å². The van der Waals surface area contributed by atoms with Gasteiger partial charge in [-0.15, -0.1) is 16.9 Å². The van der Waals surface area contributed by atoms with Crippen molar-refractivity contribution in [2.24, 2.45) is 0 Å². The van der Waals surface area contributed by atoms with Gasteiger partial charge in [0.1, 0.15) is 5.03 Å². The second-order valence-electron chi connectivity index (χ2n) is 4.68. The standard InChI is InChI=1S/C14H16N6OS/c21-13(15-6-8-22-14-9-17-19-18-14)5-7-20-10-16-11-3-1-2-4-12(11)20/h1-4,9-10H,5-8H2,(H,15,21)(H,17,18,19). The molecule has 2 aromatic heterocycles. The maximum Gasteiger partial charge on any atom is 0.221 e. The van der Waals surface area contributed by atoms with Gasteiger partial charge in [-0.2, -0.15) is 10.3 Å². The molecule has 0 spiro atoms. The molecule has 0 aliphatic heterocycles. The van der Waals surface area contributed by atoms with E-state index in [0.29, 0.717) is 19.5 Å². The molecule has 0 saturated carbocycles. The van der Waals surface area contributed by atoms with Crippen molar-refractivity contribution >= 4 is 28.7 Å². The fourth-order valence-electron chi connectivity index (χ4n) is 2.11. The number of H-pyrrole nitrogens is 1. The zero-order valence-electron chi connectivity index (χ0n) is 11.9. The predicted molar refractivity (Wildman–Crippen MR) is 84.5 cm³/mol. The molecular formula is C14H16N6OS. The Hall–Kier alpha value is -2.35. The summed E-state index contributed by atoms with van der Waals surface area (Å²) in [5, 5.41) is 14.0. The number of nitrogens with one attached hydrogen (secondary N) is 2. The number of aromatic amines is 1. The van der Waals surface area contributed by atoms with Crippen LogP contribution in [0, 0.1) is 0 Å². The third-order valence-corrected chi connectivity index (χ3v) is 4.07. The van der Waals surface area contributed by atoms with E-state index in [9.17, 15) is 4.79 Å². The molecule has 2 heterocycles. The van der Waals surface area contributed by atoms with E-state index in [-0.39, 0.29) is 5.91 Å². The number of hydrogen-bond acceptors (Lipinski definition) is 5. The van der Waals surface area contributed by atoms with Gasteiger partial charge in [0.25, 0.3) is 0 Å². The van der Waals surface area contributed by atoms with Crippen molar-refractivity contribution in [2.45, 2.75) is 18.0 Å². The largest absolute Gasteiger partial charge is 0.355 e. The molecule has 0 fully saturated rings. The quantitative estimate of drug-likeness (QED) is 0.509. The maximum absolute atomic E-state index is 11.8. The van der Waals surface area contributed by atoms with Crippen LogP contribution in [0.15, 0.2) is 41.8 Å². The number of para-hydroxylation sites is 2. The van der Waals surface area contributed by atoms with Crippen LogP contribution in [0.4, 0.5) is 0 Å². The summed E-state index contributed by atoms with van der Waals surface area (Å²) in [4.78, 5) is 16.2. The topological polar surface area (TPSA) is 88.5 Å². The van der Waals surface area contributed by atoms with Gasteiger partial charge in [-0.1, -0.05) is 12.1 Å². The number of hydrogen-bond donors (Lipinski definition) is 2. The number of nitrogens with zero attached hydrogens (tertiary/aromatic N) is 4. The van der Waals surface area contributed by atoms with Crippen LogP contribution in [0.5, 0.6) is 0 Å². The van der Waals surface area contributed by atoms with E-state index >= 15 is 0 Å². The van der Waals surface area contributed by atoms with Crippen LogP contribution < -0.4 is 5.32 Å². The molecule has 8 heteroatoms. The van der Waals surface area contributed by atoms with Crippen LogP contribution in [0.25, 0.3) is 11.0 Å². The van der Waals surface area contributed by atoms with Gasteiger partial charge < -0.3 is 9.88 Å². The number of carbonyl (C=O) groups excluding carboxylic acids is 1. The van der Waals surface area contributed by atoms with Gasteiger partial charge in [0, 0.05) is 25.3 Å². The van der Waals surface area contributed by atoms with Crippen LogP contribution in [-0.4, -0.2) is 43.2 Å². The Morgan fingerprint density at radius 1 is 1.36 bits per heavy atom. The highest BCUT2D eigenvalue weighted by Crippen LogP contribution is 2.12. The Kier molecular flexibility index (Phi) is 4.69. The van der Waals surface area contributed by atoms with E-state index in [2.05, 4.69) is 25.7 Å². The third kappa shape index (κ3) is 3.64. The zero-order valence-corrected chi connectivity index (χ0v) is 12.7. The fourth-order valence-corrected chi connectivity index (χ4v) is 2.75. The molecule has 3 aromatic rings. The molecule has 7 nitrogen and oxygen atoms in total. The van der Waals surface area contributed by atoms with Crippen LogP contribution >= 0.6 is 11.8 Å². The van der Waals surface area contributed by atoms with Crippen molar-refractivity contribution in [1.29, 1.82) is 0 Å². The lowest BCUT2D eigenvalue weighted by atomic mass is 10.3. The molecule has 1 aromatic carbocycles. The average Bonchev–Trinajstić information content (AvgIpc) is 3.19.